The minimum absolute atomic E-state index is 0.484. The lowest BCUT2D eigenvalue weighted by Crippen LogP contribution is -2.00. The van der Waals surface area contributed by atoms with Crippen LogP contribution in [0.3, 0.4) is 0 Å². The van der Waals surface area contributed by atoms with Crippen LogP contribution in [0.4, 0.5) is 17.2 Å². The maximum atomic E-state index is 6.19. The van der Waals surface area contributed by atoms with Crippen LogP contribution in [0.2, 0.25) is 10.0 Å². The summed E-state index contributed by atoms with van der Waals surface area (Å²) in [6.45, 7) is 2.84. The van der Waals surface area contributed by atoms with Crippen molar-refractivity contribution in [3.8, 4) is 0 Å². The summed E-state index contributed by atoms with van der Waals surface area (Å²) in [7, 11) is 0. The SMILES string of the molecule is CCNc1cc(Nc2ccc(Br)c(Cl)c2Cl)ccn1. The standard InChI is InChI=1S/C13H12BrCl2N3/c1-2-17-11-7-8(5-6-18-11)19-10-4-3-9(14)12(15)13(10)16/h3-7H,2H2,1H3,(H2,17,18,19). The summed E-state index contributed by atoms with van der Waals surface area (Å²) in [6.07, 6.45) is 1.73. The predicted octanol–water partition coefficient (Wildman–Crippen LogP) is 5.33. The van der Waals surface area contributed by atoms with Crippen molar-refractivity contribution in [3.05, 3.63) is 45.0 Å². The summed E-state index contributed by atoms with van der Waals surface area (Å²) in [6, 6.07) is 7.50. The second-order valence-electron chi connectivity index (χ2n) is 3.81. The van der Waals surface area contributed by atoms with Crippen molar-refractivity contribution in [2.24, 2.45) is 0 Å². The van der Waals surface area contributed by atoms with E-state index in [1.165, 1.54) is 0 Å². The Kier molecular flexibility index (Phi) is 4.91. The lowest BCUT2D eigenvalue weighted by molar-refractivity contribution is 1.16. The third-order valence-corrected chi connectivity index (χ3v) is 4.20. The molecule has 0 unspecified atom stereocenters. The molecule has 100 valence electrons. The first-order chi connectivity index (χ1) is 9.11. The predicted molar refractivity (Wildman–Crippen MR) is 85.8 cm³/mol. The Balaban J connectivity index is 2.26. The summed E-state index contributed by atoms with van der Waals surface area (Å²) in [5, 5.41) is 7.35. The average Bonchev–Trinajstić information content (AvgIpc) is 2.40. The topological polar surface area (TPSA) is 37.0 Å². The van der Waals surface area contributed by atoms with Crippen molar-refractivity contribution in [1.82, 2.24) is 4.98 Å². The Morgan fingerprint density at radius 2 is 2.00 bits per heavy atom. The monoisotopic (exact) mass is 359 g/mol. The fraction of sp³-hybridized carbons (Fsp3) is 0.154. The fourth-order valence-electron chi connectivity index (χ4n) is 1.56. The van der Waals surface area contributed by atoms with Gasteiger partial charge in [-0.25, -0.2) is 4.98 Å². The Labute approximate surface area is 130 Å². The minimum Gasteiger partial charge on any atom is -0.370 e. The Morgan fingerprint density at radius 3 is 2.74 bits per heavy atom. The number of anilines is 3. The third kappa shape index (κ3) is 3.53. The van der Waals surface area contributed by atoms with E-state index in [2.05, 4.69) is 31.5 Å². The van der Waals surface area contributed by atoms with Gasteiger partial charge in [0.15, 0.2) is 0 Å². The summed E-state index contributed by atoms with van der Waals surface area (Å²) >= 11 is 15.6. The maximum absolute atomic E-state index is 6.19. The Bertz CT molecular complexity index is 590. The quantitative estimate of drug-likeness (QED) is 0.724. The first-order valence-electron chi connectivity index (χ1n) is 5.72. The number of aromatic nitrogens is 1. The maximum Gasteiger partial charge on any atom is 0.127 e. The van der Waals surface area contributed by atoms with Gasteiger partial charge in [-0.1, -0.05) is 23.2 Å². The second kappa shape index (κ2) is 6.46. The first-order valence-corrected chi connectivity index (χ1v) is 7.27. The molecule has 19 heavy (non-hydrogen) atoms. The van der Waals surface area contributed by atoms with E-state index in [1.807, 2.05) is 31.2 Å². The highest BCUT2D eigenvalue weighted by atomic mass is 79.9. The molecule has 6 heteroatoms. The Hall–Kier alpha value is -0.970. The third-order valence-electron chi connectivity index (χ3n) is 2.43. The molecule has 2 N–H and O–H groups in total. The molecular formula is C13H12BrCl2N3. The van der Waals surface area contributed by atoms with Gasteiger partial charge < -0.3 is 10.6 Å². The summed E-state index contributed by atoms with van der Waals surface area (Å²) in [4.78, 5) is 4.21. The highest BCUT2D eigenvalue weighted by Gasteiger charge is 2.08. The molecule has 0 aliphatic carbocycles. The second-order valence-corrected chi connectivity index (χ2v) is 5.42. The number of pyridine rings is 1. The number of benzene rings is 1. The van der Waals surface area contributed by atoms with Crippen molar-refractivity contribution in [1.29, 1.82) is 0 Å². The van der Waals surface area contributed by atoms with E-state index in [-0.39, 0.29) is 0 Å². The highest BCUT2D eigenvalue weighted by molar-refractivity contribution is 9.10. The molecule has 0 aliphatic rings. The molecule has 0 spiro atoms. The molecule has 1 aromatic carbocycles. The van der Waals surface area contributed by atoms with Gasteiger partial charge in [0.25, 0.3) is 0 Å². The van der Waals surface area contributed by atoms with Gasteiger partial charge in [-0.05, 0) is 41.1 Å². The summed E-state index contributed by atoms with van der Waals surface area (Å²) in [5.74, 6) is 0.812. The van der Waals surface area contributed by atoms with Gasteiger partial charge in [0.05, 0.1) is 15.7 Å². The van der Waals surface area contributed by atoms with E-state index in [9.17, 15) is 0 Å². The number of nitrogens with one attached hydrogen (secondary N) is 2. The van der Waals surface area contributed by atoms with Gasteiger partial charge in [-0.3, -0.25) is 0 Å². The normalized spacial score (nSPS) is 10.3. The van der Waals surface area contributed by atoms with Gasteiger partial charge in [-0.2, -0.15) is 0 Å². The molecule has 3 nitrogen and oxygen atoms in total. The van der Waals surface area contributed by atoms with Gasteiger partial charge >= 0.3 is 0 Å². The van der Waals surface area contributed by atoms with Gasteiger partial charge in [0.1, 0.15) is 5.82 Å². The van der Waals surface area contributed by atoms with Crippen molar-refractivity contribution < 1.29 is 0 Å². The van der Waals surface area contributed by atoms with Gasteiger partial charge in [0, 0.05) is 29.0 Å². The fourth-order valence-corrected chi connectivity index (χ4v) is 2.39. The average molecular weight is 361 g/mol. The zero-order valence-corrected chi connectivity index (χ0v) is 13.3. The van der Waals surface area contributed by atoms with Gasteiger partial charge in [-0.15, -0.1) is 0 Å². The lowest BCUT2D eigenvalue weighted by Gasteiger charge is -2.11. The minimum atomic E-state index is 0.484. The summed E-state index contributed by atoms with van der Waals surface area (Å²) in [5.41, 5.74) is 1.65. The van der Waals surface area contributed by atoms with E-state index in [1.54, 1.807) is 6.20 Å². The zero-order valence-electron chi connectivity index (χ0n) is 10.2. The number of hydrogen-bond donors (Lipinski definition) is 2. The Morgan fingerprint density at radius 1 is 1.21 bits per heavy atom. The van der Waals surface area contributed by atoms with Crippen molar-refractivity contribution in [2.45, 2.75) is 6.92 Å². The van der Waals surface area contributed by atoms with Crippen LogP contribution in [0.15, 0.2) is 34.9 Å². The van der Waals surface area contributed by atoms with E-state index < -0.39 is 0 Å². The van der Waals surface area contributed by atoms with E-state index >= 15 is 0 Å². The molecule has 1 aromatic heterocycles. The molecule has 0 bridgehead atoms. The highest BCUT2D eigenvalue weighted by Crippen LogP contribution is 2.37. The molecule has 0 aliphatic heterocycles. The molecule has 0 atom stereocenters. The zero-order chi connectivity index (χ0) is 13.8. The first kappa shape index (κ1) is 14.4. The smallest absolute Gasteiger partial charge is 0.127 e. The lowest BCUT2D eigenvalue weighted by atomic mass is 10.3. The largest absolute Gasteiger partial charge is 0.370 e. The molecule has 0 fully saturated rings. The van der Waals surface area contributed by atoms with Crippen LogP contribution in [0, 0.1) is 0 Å². The summed E-state index contributed by atoms with van der Waals surface area (Å²) < 4.78 is 0.771. The number of rotatable bonds is 4. The van der Waals surface area contributed by atoms with E-state index in [4.69, 9.17) is 23.2 Å². The van der Waals surface area contributed by atoms with Crippen molar-refractivity contribution in [3.63, 3.8) is 0 Å². The van der Waals surface area contributed by atoms with Crippen LogP contribution in [0.25, 0.3) is 0 Å². The number of halogens is 3. The van der Waals surface area contributed by atoms with Crippen molar-refractivity contribution in [2.75, 3.05) is 17.2 Å². The molecular weight excluding hydrogens is 349 g/mol. The molecule has 1 heterocycles. The van der Waals surface area contributed by atoms with E-state index in [0.29, 0.717) is 10.0 Å². The van der Waals surface area contributed by atoms with Crippen LogP contribution in [-0.2, 0) is 0 Å². The number of hydrogen-bond acceptors (Lipinski definition) is 3. The van der Waals surface area contributed by atoms with Crippen LogP contribution < -0.4 is 10.6 Å². The molecule has 2 aromatic rings. The molecule has 0 saturated carbocycles. The van der Waals surface area contributed by atoms with Crippen LogP contribution in [0.1, 0.15) is 6.92 Å². The van der Waals surface area contributed by atoms with Crippen molar-refractivity contribution >= 4 is 56.3 Å². The molecule has 0 saturated heterocycles. The van der Waals surface area contributed by atoms with Crippen LogP contribution in [-0.4, -0.2) is 11.5 Å². The van der Waals surface area contributed by atoms with E-state index in [0.717, 1.165) is 28.2 Å². The number of nitrogens with zero attached hydrogens (tertiary/aromatic N) is 1. The molecule has 2 rings (SSSR count). The molecule has 0 radical (unpaired) electrons. The van der Waals surface area contributed by atoms with Crippen LogP contribution in [0.5, 0.6) is 0 Å². The van der Waals surface area contributed by atoms with Crippen LogP contribution >= 0.6 is 39.1 Å². The van der Waals surface area contributed by atoms with Gasteiger partial charge in [0.2, 0.25) is 0 Å². The molecule has 0 amide bonds.